The van der Waals surface area contributed by atoms with Gasteiger partial charge in [-0.05, 0) is 18.6 Å². The molecule has 0 bridgehead atoms. The van der Waals surface area contributed by atoms with Gasteiger partial charge in [0.05, 0.1) is 10.6 Å². The maximum Gasteiger partial charge on any atom is 0.417 e. The van der Waals surface area contributed by atoms with Crippen LogP contribution in [-0.2, 0) is 6.18 Å². The molecule has 0 N–H and O–H groups in total. The van der Waals surface area contributed by atoms with E-state index in [4.69, 9.17) is 0 Å². The molecule has 15 heavy (non-hydrogen) atoms. The van der Waals surface area contributed by atoms with E-state index in [2.05, 4.69) is 4.98 Å². The molecule has 0 spiro atoms. The molecule has 0 atom stereocenters. The zero-order valence-corrected chi connectivity index (χ0v) is 9.54. The minimum absolute atomic E-state index is 0.313. The lowest BCUT2D eigenvalue weighted by Crippen LogP contribution is -2.06. The van der Waals surface area contributed by atoms with Crippen molar-refractivity contribution in [2.24, 2.45) is 0 Å². The summed E-state index contributed by atoms with van der Waals surface area (Å²) in [5, 5.41) is 0.978. The number of alkyl halides is 3. The van der Waals surface area contributed by atoms with Gasteiger partial charge in [-0.3, -0.25) is 0 Å². The fourth-order valence-corrected chi connectivity index (χ4v) is 1.87. The summed E-state index contributed by atoms with van der Waals surface area (Å²) in [6.07, 6.45) is -3.42. The molecule has 1 nitrogen and oxygen atoms in total. The van der Waals surface area contributed by atoms with Crippen LogP contribution in [-0.4, -0.2) is 10.2 Å². The molecule has 0 saturated carbocycles. The monoisotopic (exact) mass is 235 g/mol. The highest BCUT2D eigenvalue weighted by Crippen LogP contribution is 2.32. The zero-order valence-electron chi connectivity index (χ0n) is 8.72. The van der Waals surface area contributed by atoms with Crippen molar-refractivity contribution in [3.05, 3.63) is 23.4 Å². The van der Waals surface area contributed by atoms with E-state index in [0.29, 0.717) is 15.8 Å². The van der Waals surface area contributed by atoms with Crippen LogP contribution in [0.5, 0.6) is 0 Å². The Bertz CT molecular complexity index is 347. The molecular weight excluding hydrogens is 223 g/mol. The van der Waals surface area contributed by atoms with Gasteiger partial charge in [-0.1, -0.05) is 13.8 Å². The van der Waals surface area contributed by atoms with Gasteiger partial charge in [0.25, 0.3) is 0 Å². The second-order valence-corrected chi connectivity index (χ2v) is 5.08. The summed E-state index contributed by atoms with van der Waals surface area (Å²) >= 11 is 1.47. The lowest BCUT2D eigenvalue weighted by Gasteiger charge is -2.10. The predicted octanol–water partition coefficient (Wildman–Crippen LogP) is 3.91. The van der Waals surface area contributed by atoms with E-state index >= 15 is 0 Å². The summed E-state index contributed by atoms with van der Waals surface area (Å²) in [6, 6.07) is 1.14. The maximum atomic E-state index is 12.3. The third-order valence-electron chi connectivity index (χ3n) is 1.70. The van der Waals surface area contributed by atoms with Crippen LogP contribution in [0.15, 0.2) is 17.3 Å². The highest BCUT2D eigenvalue weighted by Gasteiger charge is 2.31. The van der Waals surface area contributed by atoms with Gasteiger partial charge >= 0.3 is 6.18 Å². The van der Waals surface area contributed by atoms with E-state index in [1.165, 1.54) is 11.8 Å². The number of rotatable bonds is 2. The number of hydrogen-bond donors (Lipinski definition) is 0. The fraction of sp³-hybridized carbons (Fsp3) is 0.500. The van der Waals surface area contributed by atoms with Crippen molar-refractivity contribution in [3.8, 4) is 0 Å². The molecule has 1 rings (SSSR count). The van der Waals surface area contributed by atoms with Crippen LogP contribution in [0, 0.1) is 6.92 Å². The first kappa shape index (κ1) is 12.4. The Labute approximate surface area is 91.1 Å². The quantitative estimate of drug-likeness (QED) is 0.721. The summed E-state index contributed by atoms with van der Waals surface area (Å²) in [6.45, 7) is 5.60. The summed E-state index contributed by atoms with van der Waals surface area (Å²) in [4.78, 5) is 3.83. The molecule has 1 heterocycles. The largest absolute Gasteiger partial charge is 0.417 e. The minimum atomic E-state index is -4.31. The van der Waals surface area contributed by atoms with E-state index in [1.807, 2.05) is 13.8 Å². The third-order valence-corrected chi connectivity index (χ3v) is 2.83. The number of pyridine rings is 1. The van der Waals surface area contributed by atoms with E-state index < -0.39 is 11.7 Å². The molecule has 0 aliphatic rings. The van der Waals surface area contributed by atoms with Crippen LogP contribution < -0.4 is 0 Å². The number of nitrogens with zero attached hydrogens (tertiary/aromatic N) is 1. The molecular formula is C10H12F3NS. The average molecular weight is 235 g/mol. The van der Waals surface area contributed by atoms with Crippen molar-refractivity contribution in [3.63, 3.8) is 0 Å². The van der Waals surface area contributed by atoms with Crippen molar-refractivity contribution >= 4 is 11.8 Å². The number of aromatic nitrogens is 1. The zero-order chi connectivity index (χ0) is 11.6. The van der Waals surface area contributed by atoms with Gasteiger partial charge < -0.3 is 0 Å². The molecule has 0 unspecified atom stereocenters. The molecule has 5 heteroatoms. The molecule has 0 fully saturated rings. The molecule has 84 valence electrons. The lowest BCUT2D eigenvalue weighted by atomic mass is 10.2. The Morgan fingerprint density at radius 2 is 1.93 bits per heavy atom. The molecule has 0 saturated heterocycles. The van der Waals surface area contributed by atoms with Gasteiger partial charge in [0.2, 0.25) is 0 Å². The number of thioether (sulfide) groups is 1. The second-order valence-electron chi connectivity index (χ2n) is 3.51. The number of aryl methyl sites for hydroxylation is 1. The van der Waals surface area contributed by atoms with Gasteiger partial charge in [0.1, 0.15) is 0 Å². The van der Waals surface area contributed by atoms with Gasteiger partial charge in [-0.25, -0.2) is 4.98 Å². The second kappa shape index (κ2) is 4.43. The molecule has 0 amide bonds. The summed E-state index contributed by atoms with van der Waals surface area (Å²) in [5.41, 5.74) is -0.114. The van der Waals surface area contributed by atoms with Crippen LogP contribution in [0.4, 0.5) is 13.2 Å². The predicted molar refractivity (Wildman–Crippen MR) is 55.0 cm³/mol. The first-order valence-corrected chi connectivity index (χ1v) is 5.39. The van der Waals surface area contributed by atoms with Crippen LogP contribution in [0.1, 0.15) is 25.0 Å². The Morgan fingerprint density at radius 3 is 2.33 bits per heavy atom. The lowest BCUT2D eigenvalue weighted by molar-refractivity contribution is -0.137. The van der Waals surface area contributed by atoms with Crippen molar-refractivity contribution in [2.45, 2.75) is 37.2 Å². The molecule has 0 aliphatic heterocycles. The van der Waals surface area contributed by atoms with Gasteiger partial charge in [-0.2, -0.15) is 13.2 Å². The normalized spacial score (nSPS) is 12.2. The van der Waals surface area contributed by atoms with Crippen molar-refractivity contribution in [2.75, 3.05) is 0 Å². The first-order valence-electron chi connectivity index (χ1n) is 4.51. The molecule has 0 aromatic carbocycles. The van der Waals surface area contributed by atoms with Gasteiger partial charge in [0.15, 0.2) is 0 Å². The van der Waals surface area contributed by atoms with E-state index in [1.54, 1.807) is 6.92 Å². The molecule has 1 aromatic heterocycles. The summed E-state index contributed by atoms with van der Waals surface area (Å²) < 4.78 is 36.9. The van der Waals surface area contributed by atoms with Crippen molar-refractivity contribution < 1.29 is 13.2 Å². The topological polar surface area (TPSA) is 12.9 Å². The van der Waals surface area contributed by atoms with Crippen LogP contribution in [0.25, 0.3) is 0 Å². The average Bonchev–Trinajstić information content (AvgIpc) is 2.05. The van der Waals surface area contributed by atoms with Gasteiger partial charge in [0, 0.05) is 11.4 Å². The minimum Gasteiger partial charge on any atom is -0.249 e. The van der Waals surface area contributed by atoms with Gasteiger partial charge in [-0.15, -0.1) is 11.8 Å². The standard InChI is InChI=1S/C10H12F3NS/c1-6(2)15-9-7(3)4-8(5-14-9)10(11,12)13/h4-6H,1-3H3. The first-order chi connectivity index (χ1) is 6.80. The SMILES string of the molecule is Cc1cc(C(F)(F)F)cnc1SC(C)C. The van der Waals surface area contributed by atoms with E-state index in [9.17, 15) is 13.2 Å². The Balaban J connectivity index is 2.98. The molecule has 1 aromatic rings. The smallest absolute Gasteiger partial charge is 0.249 e. The number of halogens is 3. The van der Waals surface area contributed by atoms with E-state index in [0.717, 1.165) is 12.3 Å². The molecule has 0 aliphatic carbocycles. The van der Waals surface area contributed by atoms with Crippen LogP contribution >= 0.6 is 11.8 Å². The van der Waals surface area contributed by atoms with Crippen molar-refractivity contribution in [1.29, 1.82) is 0 Å². The highest BCUT2D eigenvalue weighted by atomic mass is 32.2. The van der Waals surface area contributed by atoms with E-state index in [-0.39, 0.29) is 0 Å². The van der Waals surface area contributed by atoms with Crippen molar-refractivity contribution in [1.82, 2.24) is 4.98 Å². The Hall–Kier alpha value is -0.710. The van der Waals surface area contributed by atoms with Crippen LogP contribution in [0.3, 0.4) is 0 Å². The highest BCUT2D eigenvalue weighted by molar-refractivity contribution is 7.99. The van der Waals surface area contributed by atoms with Crippen LogP contribution in [0.2, 0.25) is 0 Å². The summed E-state index contributed by atoms with van der Waals surface area (Å²) in [5.74, 6) is 0. The fourth-order valence-electron chi connectivity index (χ4n) is 1.06. The Morgan fingerprint density at radius 1 is 1.33 bits per heavy atom. The maximum absolute atomic E-state index is 12.3. The number of hydrogen-bond acceptors (Lipinski definition) is 2. The summed E-state index contributed by atoms with van der Waals surface area (Å²) in [7, 11) is 0. The Kier molecular flexibility index (Phi) is 3.65. The molecule has 0 radical (unpaired) electrons. The third kappa shape index (κ3) is 3.41.